The molecule has 0 radical (unpaired) electrons. The predicted octanol–water partition coefficient (Wildman–Crippen LogP) is -0.332. The molecule has 2 N–H and O–H groups in total. The highest BCUT2D eigenvalue weighted by atomic mass is 16.2. The van der Waals surface area contributed by atoms with Crippen molar-refractivity contribution in [2.75, 3.05) is 13.1 Å². The molecule has 1 amide bonds. The van der Waals surface area contributed by atoms with Crippen molar-refractivity contribution in [1.82, 2.24) is 25.2 Å². The van der Waals surface area contributed by atoms with Gasteiger partial charge in [-0.1, -0.05) is 0 Å². The summed E-state index contributed by atoms with van der Waals surface area (Å²) in [5.41, 5.74) is 1.97. The molecule has 1 unspecified atom stereocenters. The van der Waals surface area contributed by atoms with E-state index >= 15 is 0 Å². The predicted molar refractivity (Wildman–Crippen MR) is 66.2 cm³/mol. The fourth-order valence-corrected chi connectivity index (χ4v) is 2.18. The molecule has 18 heavy (non-hydrogen) atoms. The third kappa shape index (κ3) is 1.95. The molecule has 0 aromatic carbocycles. The first-order valence-electron chi connectivity index (χ1n) is 6.05. The van der Waals surface area contributed by atoms with Crippen molar-refractivity contribution >= 4 is 11.6 Å². The number of piperazine rings is 1. The van der Waals surface area contributed by atoms with Crippen LogP contribution in [-0.4, -0.2) is 39.6 Å². The highest BCUT2D eigenvalue weighted by molar-refractivity contribution is 5.82. The van der Waals surface area contributed by atoms with Gasteiger partial charge in [0.15, 0.2) is 5.65 Å². The summed E-state index contributed by atoms with van der Waals surface area (Å²) >= 11 is 0. The fourth-order valence-electron chi connectivity index (χ4n) is 2.18. The van der Waals surface area contributed by atoms with E-state index in [-0.39, 0.29) is 11.9 Å². The number of fused-ring (bicyclic) bond motifs is 1. The molecule has 94 valence electrons. The number of nitrogens with one attached hydrogen (secondary N) is 2. The van der Waals surface area contributed by atoms with E-state index < -0.39 is 0 Å². The molecule has 0 bridgehead atoms. The molecule has 3 heterocycles. The minimum Gasteiger partial charge on any atom is -0.353 e. The minimum atomic E-state index is -0.215. The molecule has 0 aliphatic carbocycles. The molecule has 3 rings (SSSR count). The first-order valence-corrected chi connectivity index (χ1v) is 6.05. The normalized spacial score (nSPS) is 20.1. The Balaban J connectivity index is 1.88. The SMILES string of the molecule is Cc1ccn2c(CC3NCCNC3=O)nnc2c1. The second kappa shape index (κ2) is 4.38. The first-order chi connectivity index (χ1) is 8.74. The van der Waals surface area contributed by atoms with Gasteiger partial charge in [0.2, 0.25) is 5.91 Å². The van der Waals surface area contributed by atoms with Crippen LogP contribution in [0.15, 0.2) is 18.3 Å². The Hall–Kier alpha value is -1.95. The van der Waals surface area contributed by atoms with Crippen LogP contribution in [0.3, 0.4) is 0 Å². The Morgan fingerprint density at radius 3 is 3.17 bits per heavy atom. The summed E-state index contributed by atoms with van der Waals surface area (Å²) in [6.45, 7) is 3.51. The number of nitrogens with zero attached hydrogens (tertiary/aromatic N) is 3. The molecule has 0 saturated carbocycles. The lowest BCUT2D eigenvalue weighted by Gasteiger charge is -2.22. The Kier molecular flexibility index (Phi) is 2.71. The Morgan fingerprint density at radius 1 is 1.44 bits per heavy atom. The van der Waals surface area contributed by atoms with Crippen LogP contribution in [-0.2, 0) is 11.2 Å². The molecule has 2 aromatic heterocycles. The van der Waals surface area contributed by atoms with Crippen molar-refractivity contribution < 1.29 is 4.79 Å². The maximum atomic E-state index is 11.7. The summed E-state index contributed by atoms with van der Waals surface area (Å²) in [6.07, 6.45) is 2.50. The van der Waals surface area contributed by atoms with E-state index in [0.29, 0.717) is 13.0 Å². The zero-order valence-corrected chi connectivity index (χ0v) is 10.2. The van der Waals surface area contributed by atoms with Gasteiger partial charge in [-0.25, -0.2) is 0 Å². The number of aromatic nitrogens is 3. The van der Waals surface area contributed by atoms with Crippen LogP contribution >= 0.6 is 0 Å². The summed E-state index contributed by atoms with van der Waals surface area (Å²) in [5.74, 6) is 0.838. The summed E-state index contributed by atoms with van der Waals surface area (Å²) < 4.78 is 1.93. The molecule has 6 nitrogen and oxygen atoms in total. The van der Waals surface area contributed by atoms with E-state index in [1.165, 1.54) is 0 Å². The first kappa shape index (κ1) is 11.2. The van der Waals surface area contributed by atoms with Crippen molar-refractivity contribution in [2.24, 2.45) is 0 Å². The van der Waals surface area contributed by atoms with E-state index in [1.54, 1.807) is 0 Å². The molecule has 0 spiro atoms. The van der Waals surface area contributed by atoms with Crippen molar-refractivity contribution in [2.45, 2.75) is 19.4 Å². The second-order valence-corrected chi connectivity index (χ2v) is 4.55. The van der Waals surface area contributed by atoms with E-state index in [0.717, 1.165) is 23.6 Å². The summed E-state index contributed by atoms with van der Waals surface area (Å²) in [5, 5.41) is 14.3. The maximum Gasteiger partial charge on any atom is 0.237 e. The number of carbonyl (C=O) groups excluding carboxylic acids is 1. The number of hydrogen-bond donors (Lipinski definition) is 2. The topological polar surface area (TPSA) is 71.3 Å². The monoisotopic (exact) mass is 245 g/mol. The second-order valence-electron chi connectivity index (χ2n) is 4.55. The fraction of sp³-hybridized carbons (Fsp3) is 0.417. The third-order valence-electron chi connectivity index (χ3n) is 3.15. The third-order valence-corrected chi connectivity index (χ3v) is 3.15. The van der Waals surface area contributed by atoms with Crippen molar-refractivity contribution in [3.8, 4) is 0 Å². The van der Waals surface area contributed by atoms with Crippen LogP contribution in [0.5, 0.6) is 0 Å². The number of pyridine rings is 1. The van der Waals surface area contributed by atoms with Gasteiger partial charge in [-0.3, -0.25) is 9.20 Å². The van der Waals surface area contributed by atoms with Gasteiger partial charge in [0, 0.05) is 25.7 Å². The lowest BCUT2D eigenvalue weighted by molar-refractivity contribution is -0.124. The van der Waals surface area contributed by atoms with Gasteiger partial charge >= 0.3 is 0 Å². The van der Waals surface area contributed by atoms with Gasteiger partial charge in [-0.05, 0) is 24.6 Å². The van der Waals surface area contributed by atoms with Crippen molar-refractivity contribution in [3.63, 3.8) is 0 Å². The molecule has 1 aliphatic heterocycles. The van der Waals surface area contributed by atoms with Crippen LogP contribution in [0.2, 0.25) is 0 Å². The number of amides is 1. The highest BCUT2D eigenvalue weighted by Crippen LogP contribution is 2.08. The standard InChI is InChI=1S/C12H15N5O/c1-8-2-5-17-10(6-8)15-16-11(17)7-9-12(18)14-4-3-13-9/h2,5-6,9,13H,3-4,7H2,1H3,(H,14,18). The van der Waals surface area contributed by atoms with E-state index in [9.17, 15) is 4.79 Å². The van der Waals surface area contributed by atoms with Crippen LogP contribution in [0, 0.1) is 6.92 Å². The minimum absolute atomic E-state index is 0.0325. The van der Waals surface area contributed by atoms with E-state index in [1.807, 2.05) is 29.7 Å². The van der Waals surface area contributed by atoms with Gasteiger partial charge in [0.1, 0.15) is 5.82 Å². The van der Waals surface area contributed by atoms with Crippen LogP contribution in [0.1, 0.15) is 11.4 Å². The van der Waals surface area contributed by atoms with Gasteiger partial charge in [0.05, 0.1) is 6.04 Å². The average Bonchev–Trinajstić information content (AvgIpc) is 2.74. The van der Waals surface area contributed by atoms with Crippen LogP contribution in [0.25, 0.3) is 5.65 Å². The molecule has 6 heteroatoms. The van der Waals surface area contributed by atoms with Gasteiger partial charge in [-0.15, -0.1) is 10.2 Å². The lowest BCUT2D eigenvalue weighted by atomic mass is 10.1. The molecular weight excluding hydrogens is 230 g/mol. The van der Waals surface area contributed by atoms with E-state index in [2.05, 4.69) is 20.8 Å². The molecule has 2 aromatic rings. The van der Waals surface area contributed by atoms with Crippen LogP contribution < -0.4 is 10.6 Å². The van der Waals surface area contributed by atoms with Crippen molar-refractivity contribution in [3.05, 3.63) is 29.7 Å². The Labute approximate surface area is 104 Å². The Morgan fingerprint density at radius 2 is 2.33 bits per heavy atom. The van der Waals surface area contributed by atoms with Crippen LogP contribution in [0.4, 0.5) is 0 Å². The highest BCUT2D eigenvalue weighted by Gasteiger charge is 2.23. The lowest BCUT2D eigenvalue weighted by Crippen LogP contribution is -2.53. The van der Waals surface area contributed by atoms with Gasteiger partial charge < -0.3 is 10.6 Å². The van der Waals surface area contributed by atoms with E-state index in [4.69, 9.17) is 0 Å². The summed E-state index contributed by atoms with van der Waals surface area (Å²) in [7, 11) is 0. The van der Waals surface area contributed by atoms with Gasteiger partial charge in [-0.2, -0.15) is 0 Å². The summed E-state index contributed by atoms with van der Waals surface area (Å²) in [4.78, 5) is 11.7. The maximum absolute atomic E-state index is 11.7. The van der Waals surface area contributed by atoms with Crippen molar-refractivity contribution in [1.29, 1.82) is 0 Å². The molecule has 1 fully saturated rings. The quantitative estimate of drug-likeness (QED) is 0.760. The number of rotatable bonds is 2. The number of aryl methyl sites for hydroxylation is 1. The molecule has 1 aliphatic rings. The van der Waals surface area contributed by atoms with Gasteiger partial charge in [0.25, 0.3) is 0 Å². The molecular formula is C12H15N5O. The number of carbonyl (C=O) groups is 1. The zero-order valence-electron chi connectivity index (χ0n) is 10.2. The largest absolute Gasteiger partial charge is 0.353 e. The zero-order chi connectivity index (χ0) is 12.5. The molecule has 1 atom stereocenters. The smallest absolute Gasteiger partial charge is 0.237 e. The average molecular weight is 245 g/mol. The summed E-state index contributed by atoms with van der Waals surface area (Å²) in [6, 6.07) is 3.77. The molecule has 1 saturated heterocycles. The number of hydrogen-bond acceptors (Lipinski definition) is 4. The Bertz CT molecular complexity index is 591.